The quantitative estimate of drug-likeness (QED) is 0.600. The summed E-state index contributed by atoms with van der Waals surface area (Å²) in [5, 5.41) is 11.2. The standard InChI is InChI=1S/C18H20BrN5O4/c1-9-14(19)10(2)24(21-9)8-12-6-7-13(28-12)17(25)20-15-11(3)23(4)22-16(15)18(26)27-5/h6-7H,8H2,1-5H3,(H,20,25). The minimum absolute atomic E-state index is 0.0371. The molecule has 0 atom stereocenters. The third-order valence-electron chi connectivity index (χ3n) is 4.44. The van der Waals surface area contributed by atoms with Gasteiger partial charge in [-0.1, -0.05) is 0 Å². The highest BCUT2D eigenvalue weighted by molar-refractivity contribution is 9.10. The summed E-state index contributed by atoms with van der Waals surface area (Å²) in [6, 6.07) is 3.30. The van der Waals surface area contributed by atoms with Gasteiger partial charge in [0.1, 0.15) is 5.76 Å². The fourth-order valence-electron chi connectivity index (χ4n) is 2.73. The highest BCUT2D eigenvalue weighted by atomic mass is 79.9. The first kappa shape index (κ1) is 19.9. The van der Waals surface area contributed by atoms with Crippen molar-refractivity contribution in [2.45, 2.75) is 27.3 Å². The molecule has 0 aromatic carbocycles. The molecule has 0 saturated carbocycles. The summed E-state index contributed by atoms with van der Waals surface area (Å²) < 4.78 is 14.6. The number of anilines is 1. The molecule has 0 aliphatic carbocycles. The first-order valence-corrected chi connectivity index (χ1v) is 9.23. The smallest absolute Gasteiger partial charge is 0.360 e. The minimum Gasteiger partial charge on any atom is -0.464 e. The lowest BCUT2D eigenvalue weighted by molar-refractivity contribution is 0.0594. The second-order valence-corrected chi connectivity index (χ2v) is 7.08. The van der Waals surface area contributed by atoms with Gasteiger partial charge in [-0.25, -0.2) is 4.79 Å². The molecule has 28 heavy (non-hydrogen) atoms. The van der Waals surface area contributed by atoms with Crippen molar-refractivity contribution in [3.63, 3.8) is 0 Å². The van der Waals surface area contributed by atoms with E-state index in [1.807, 2.05) is 13.8 Å². The van der Waals surface area contributed by atoms with Crippen LogP contribution in [0.5, 0.6) is 0 Å². The number of furan rings is 1. The Morgan fingerprint density at radius 3 is 2.54 bits per heavy atom. The van der Waals surface area contributed by atoms with E-state index < -0.39 is 11.9 Å². The summed E-state index contributed by atoms with van der Waals surface area (Å²) in [4.78, 5) is 24.5. The van der Waals surface area contributed by atoms with Gasteiger partial charge in [0, 0.05) is 7.05 Å². The van der Waals surface area contributed by atoms with E-state index in [1.165, 1.54) is 11.8 Å². The number of rotatable bonds is 5. The zero-order valence-corrected chi connectivity index (χ0v) is 17.7. The van der Waals surface area contributed by atoms with Gasteiger partial charge in [0.25, 0.3) is 5.91 Å². The number of ether oxygens (including phenoxy) is 1. The van der Waals surface area contributed by atoms with Crippen LogP contribution in [0.3, 0.4) is 0 Å². The average molecular weight is 450 g/mol. The Labute approximate surface area is 169 Å². The summed E-state index contributed by atoms with van der Waals surface area (Å²) in [6.07, 6.45) is 0. The summed E-state index contributed by atoms with van der Waals surface area (Å²) >= 11 is 3.49. The van der Waals surface area contributed by atoms with E-state index in [-0.39, 0.29) is 11.5 Å². The van der Waals surface area contributed by atoms with Crippen molar-refractivity contribution in [1.82, 2.24) is 19.6 Å². The number of nitrogens with zero attached hydrogens (tertiary/aromatic N) is 4. The maximum atomic E-state index is 12.6. The third-order valence-corrected chi connectivity index (χ3v) is 5.58. The van der Waals surface area contributed by atoms with Crippen molar-refractivity contribution < 1.29 is 18.7 Å². The summed E-state index contributed by atoms with van der Waals surface area (Å²) in [7, 11) is 2.93. The van der Waals surface area contributed by atoms with E-state index in [0.717, 1.165) is 15.9 Å². The molecule has 3 aromatic heterocycles. The Hall–Kier alpha value is -2.88. The van der Waals surface area contributed by atoms with Crippen molar-refractivity contribution >= 4 is 33.5 Å². The number of hydrogen-bond acceptors (Lipinski definition) is 6. The zero-order valence-electron chi connectivity index (χ0n) is 16.2. The molecule has 148 valence electrons. The molecule has 0 radical (unpaired) electrons. The second-order valence-electron chi connectivity index (χ2n) is 6.29. The van der Waals surface area contributed by atoms with Crippen LogP contribution in [0, 0.1) is 20.8 Å². The van der Waals surface area contributed by atoms with Gasteiger partial charge in [0.05, 0.1) is 40.9 Å². The van der Waals surface area contributed by atoms with E-state index in [1.54, 1.807) is 30.8 Å². The lowest BCUT2D eigenvalue weighted by atomic mass is 10.3. The Kier molecular flexibility index (Phi) is 5.41. The summed E-state index contributed by atoms with van der Waals surface area (Å²) in [6.45, 7) is 5.98. The molecule has 0 spiro atoms. The normalized spacial score (nSPS) is 10.9. The summed E-state index contributed by atoms with van der Waals surface area (Å²) in [5.41, 5.74) is 2.79. The first-order valence-electron chi connectivity index (χ1n) is 8.44. The molecule has 0 fully saturated rings. The number of carbonyl (C=O) groups excluding carboxylic acids is 2. The predicted molar refractivity (Wildman–Crippen MR) is 104 cm³/mol. The molecule has 0 aliphatic rings. The van der Waals surface area contributed by atoms with Gasteiger partial charge in [0.2, 0.25) is 0 Å². The van der Waals surface area contributed by atoms with Gasteiger partial charge in [-0.15, -0.1) is 0 Å². The number of amides is 1. The highest BCUT2D eigenvalue weighted by Crippen LogP contribution is 2.23. The van der Waals surface area contributed by atoms with Crippen molar-refractivity contribution in [2.75, 3.05) is 12.4 Å². The number of carbonyl (C=O) groups is 2. The molecule has 3 rings (SSSR count). The number of aryl methyl sites for hydroxylation is 2. The van der Waals surface area contributed by atoms with Crippen LogP contribution in [-0.2, 0) is 18.3 Å². The molecule has 3 aromatic rings. The largest absolute Gasteiger partial charge is 0.464 e. The van der Waals surface area contributed by atoms with Crippen LogP contribution >= 0.6 is 15.9 Å². The monoisotopic (exact) mass is 449 g/mol. The van der Waals surface area contributed by atoms with Crippen molar-refractivity contribution in [3.05, 3.63) is 50.9 Å². The first-order chi connectivity index (χ1) is 13.2. The van der Waals surface area contributed by atoms with E-state index in [9.17, 15) is 9.59 Å². The number of halogens is 1. The van der Waals surface area contributed by atoms with Crippen LogP contribution in [0.2, 0.25) is 0 Å². The van der Waals surface area contributed by atoms with Crippen LogP contribution in [0.15, 0.2) is 21.0 Å². The molecular weight excluding hydrogens is 430 g/mol. The van der Waals surface area contributed by atoms with Gasteiger partial charge in [-0.05, 0) is 48.8 Å². The maximum absolute atomic E-state index is 12.6. The zero-order chi connectivity index (χ0) is 20.6. The molecule has 1 N–H and O–H groups in total. The Balaban J connectivity index is 1.80. The number of nitrogens with one attached hydrogen (secondary N) is 1. The van der Waals surface area contributed by atoms with Crippen LogP contribution in [-0.4, -0.2) is 38.5 Å². The number of hydrogen-bond donors (Lipinski definition) is 1. The number of esters is 1. The van der Waals surface area contributed by atoms with Crippen LogP contribution in [0.25, 0.3) is 0 Å². The molecule has 3 heterocycles. The van der Waals surface area contributed by atoms with Crippen molar-refractivity contribution in [2.24, 2.45) is 7.05 Å². The van der Waals surface area contributed by atoms with Crippen LogP contribution in [0.4, 0.5) is 5.69 Å². The Morgan fingerprint density at radius 1 is 1.21 bits per heavy atom. The van der Waals surface area contributed by atoms with Gasteiger partial charge < -0.3 is 14.5 Å². The van der Waals surface area contributed by atoms with Gasteiger partial charge in [0.15, 0.2) is 11.5 Å². The predicted octanol–water partition coefficient (Wildman–Crippen LogP) is 2.98. The molecule has 10 heteroatoms. The minimum atomic E-state index is -0.630. The van der Waals surface area contributed by atoms with Gasteiger partial charge in [-0.2, -0.15) is 10.2 Å². The van der Waals surface area contributed by atoms with Crippen LogP contribution < -0.4 is 5.32 Å². The Bertz CT molecular complexity index is 1060. The average Bonchev–Trinajstić information content (AvgIpc) is 3.31. The lowest BCUT2D eigenvalue weighted by Gasteiger charge is -2.05. The number of methoxy groups -OCH3 is 1. The third kappa shape index (κ3) is 3.59. The summed E-state index contributed by atoms with van der Waals surface area (Å²) in [5.74, 6) is -0.412. The van der Waals surface area contributed by atoms with Crippen molar-refractivity contribution in [1.29, 1.82) is 0 Å². The van der Waals surface area contributed by atoms with Gasteiger partial charge in [-0.3, -0.25) is 14.2 Å². The molecule has 0 bridgehead atoms. The maximum Gasteiger partial charge on any atom is 0.360 e. The van der Waals surface area contributed by atoms with E-state index in [0.29, 0.717) is 23.7 Å². The fraction of sp³-hybridized carbons (Fsp3) is 0.333. The van der Waals surface area contributed by atoms with E-state index in [2.05, 4.69) is 31.4 Å². The molecule has 9 nitrogen and oxygen atoms in total. The molecule has 0 saturated heterocycles. The molecular formula is C18H20BrN5O4. The fourth-order valence-corrected chi connectivity index (χ4v) is 3.02. The topological polar surface area (TPSA) is 104 Å². The van der Waals surface area contributed by atoms with E-state index >= 15 is 0 Å². The van der Waals surface area contributed by atoms with E-state index in [4.69, 9.17) is 9.15 Å². The highest BCUT2D eigenvalue weighted by Gasteiger charge is 2.23. The Morgan fingerprint density at radius 2 is 1.93 bits per heavy atom. The number of aromatic nitrogens is 4. The SMILES string of the molecule is COC(=O)c1nn(C)c(C)c1NC(=O)c1ccc(Cn2nc(C)c(Br)c2C)o1. The van der Waals surface area contributed by atoms with Crippen molar-refractivity contribution in [3.8, 4) is 0 Å². The molecule has 0 aliphatic heterocycles. The molecule has 1 amide bonds. The van der Waals surface area contributed by atoms with Gasteiger partial charge >= 0.3 is 5.97 Å². The second kappa shape index (κ2) is 7.63. The molecule has 0 unspecified atom stereocenters. The lowest BCUT2D eigenvalue weighted by Crippen LogP contribution is -2.15. The van der Waals surface area contributed by atoms with Crippen LogP contribution in [0.1, 0.15) is 43.9 Å².